The van der Waals surface area contributed by atoms with Gasteiger partial charge in [-0.3, -0.25) is 0 Å². The van der Waals surface area contributed by atoms with Crippen LogP contribution in [0.15, 0.2) is 212 Å². The Morgan fingerprint density at radius 1 is 0.258 bits per heavy atom. The van der Waals surface area contributed by atoms with E-state index in [1.165, 1.54) is 83.5 Å². The van der Waals surface area contributed by atoms with Gasteiger partial charge in [0.1, 0.15) is 0 Å². The maximum atomic E-state index is 5.05. The van der Waals surface area contributed by atoms with Crippen molar-refractivity contribution in [2.24, 2.45) is 0 Å². The van der Waals surface area contributed by atoms with Crippen LogP contribution in [0.3, 0.4) is 0 Å². The van der Waals surface area contributed by atoms with Crippen LogP contribution in [0.4, 0.5) is 0 Å². The fraction of sp³-hybridized carbons (Fsp3) is 0.0339. The molecule has 3 aliphatic rings. The van der Waals surface area contributed by atoms with Crippen LogP contribution >= 0.6 is 0 Å². The number of rotatable bonds is 5. The third-order valence-electron chi connectivity index (χ3n) is 13.4. The summed E-state index contributed by atoms with van der Waals surface area (Å²) in [6.07, 6.45) is 0.845. The molecular weight excluding hydrogens is 751 g/mol. The van der Waals surface area contributed by atoms with Crippen molar-refractivity contribution in [2.75, 3.05) is 0 Å². The van der Waals surface area contributed by atoms with Crippen molar-refractivity contribution < 1.29 is 0 Å². The molecule has 288 valence electrons. The van der Waals surface area contributed by atoms with Crippen LogP contribution in [0.2, 0.25) is 0 Å². The van der Waals surface area contributed by atoms with E-state index in [1.54, 1.807) is 0 Å². The van der Waals surface area contributed by atoms with E-state index in [0.717, 1.165) is 28.7 Å². The summed E-state index contributed by atoms with van der Waals surface area (Å²) in [4.78, 5) is 15.0. The molecule has 1 heterocycles. The summed E-state index contributed by atoms with van der Waals surface area (Å²) in [7, 11) is 0. The predicted molar refractivity (Wildman–Crippen MR) is 252 cm³/mol. The van der Waals surface area contributed by atoms with Crippen molar-refractivity contribution in [1.82, 2.24) is 15.0 Å². The van der Waals surface area contributed by atoms with Gasteiger partial charge >= 0.3 is 0 Å². The zero-order valence-corrected chi connectivity index (χ0v) is 33.8. The number of hydrogen-bond acceptors (Lipinski definition) is 3. The van der Waals surface area contributed by atoms with Gasteiger partial charge in [0.2, 0.25) is 0 Å². The molecule has 13 rings (SSSR count). The lowest BCUT2D eigenvalue weighted by Gasteiger charge is -2.30. The van der Waals surface area contributed by atoms with Crippen LogP contribution in [-0.4, -0.2) is 15.0 Å². The minimum Gasteiger partial charge on any atom is -0.208 e. The molecule has 0 aliphatic heterocycles. The summed E-state index contributed by atoms with van der Waals surface area (Å²) in [5, 5.41) is 0. The lowest BCUT2D eigenvalue weighted by Crippen LogP contribution is -2.25. The summed E-state index contributed by atoms with van der Waals surface area (Å²) in [6, 6.07) is 77.1. The van der Waals surface area contributed by atoms with Crippen LogP contribution in [0, 0.1) is 0 Å². The van der Waals surface area contributed by atoms with Gasteiger partial charge < -0.3 is 0 Å². The van der Waals surface area contributed by atoms with Gasteiger partial charge in [-0.1, -0.05) is 200 Å². The maximum absolute atomic E-state index is 5.05. The molecule has 1 spiro atoms. The van der Waals surface area contributed by atoms with Crippen molar-refractivity contribution in [3.63, 3.8) is 0 Å². The monoisotopic (exact) mass is 787 g/mol. The average molecular weight is 788 g/mol. The molecule has 0 unspecified atom stereocenters. The minimum absolute atomic E-state index is 0.378. The molecule has 3 nitrogen and oxygen atoms in total. The van der Waals surface area contributed by atoms with Gasteiger partial charge in [-0.2, -0.15) is 0 Å². The summed E-state index contributed by atoms with van der Waals surface area (Å²) in [6.45, 7) is 0. The van der Waals surface area contributed by atoms with E-state index in [2.05, 4.69) is 176 Å². The zero-order chi connectivity index (χ0) is 40.8. The van der Waals surface area contributed by atoms with E-state index in [-0.39, 0.29) is 5.41 Å². The second-order valence-electron chi connectivity index (χ2n) is 16.6. The van der Waals surface area contributed by atoms with Gasteiger partial charge in [0.15, 0.2) is 17.5 Å². The average Bonchev–Trinajstić information content (AvgIpc) is 3.99. The van der Waals surface area contributed by atoms with Crippen LogP contribution in [0.25, 0.3) is 89.8 Å². The second kappa shape index (κ2) is 13.5. The topological polar surface area (TPSA) is 38.7 Å². The van der Waals surface area contributed by atoms with Gasteiger partial charge in [-0.05, 0) is 108 Å². The Balaban J connectivity index is 0.919. The quantitative estimate of drug-likeness (QED) is 0.174. The molecule has 0 fully saturated rings. The largest absolute Gasteiger partial charge is 0.208 e. The van der Waals surface area contributed by atoms with E-state index in [4.69, 9.17) is 15.0 Å². The number of nitrogens with zero attached hydrogens (tertiary/aromatic N) is 3. The highest BCUT2D eigenvalue weighted by atomic mass is 15.0. The summed E-state index contributed by atoms with van der Waals surface area (Å²) in [5.74, 6) is 1.97. The van der Waals surface area contributed by atoms with Gasteiger partial charge in [0.05, 0.1) is 5.41 Å². The van der Waals surface area contributed by atoms with Crippen molar-refractivity contribution in [2.45, 2.75) is 11.8 Å². The molecule has 0 atom stereocenters. The van der Waals surface area contributed by atoms with Gasteiger partial charge in [0, 0.05) is 16.7 Å². The maximum Gasteiger partial charge on any atom is 0.164 e. The van der Waals surface area contributed by atoms with Crippen molar-refractivity contribution in [3.8, 4) is 89.8 Å². The van der Waals surface area contributed by atoms with E-state index >= 15 is 0 Å². The zero-order valence-electron chi connectivity index (χ0n) is 33.8. The molecule has 1 aromatic heterocycles. The summed E-state index contributed by atoms with van der Waals surface area (Å²) >= 11 is 0. The molecule has 10 aromatic rings. The van der Waals surface area contributed by atoms with Crippen molar-refractivity contribution >= 4 is 0 Å². The van der Waals surface area contributed by atoms with Crippen LogP contribution in [0.1, 0.15) is 33.4 Å². The SMILES string of the molecule is c1ccc(-c2nc(-c3ccccc3)nc(-c3cccc(-c4cccc5c4Cc4c(-c6ccc7c(c6)C6(c8ccccc8-c8ccccc86)c6ccccc6-7)cccc4-5)c3)n2)cc1. The first-order valence-electron chi connectivity index (χ1n) is 21.4. The number of benzene rings is 9. The molecule has 62 heavy (non-hydrogen) atoms. The normalized spacial score (nSPS) is 13.2. The highest BCUT2D eigenvalue weighted by molar-refractivity contribution is 5.97. The van der Waals surface area contributed by atoms with E-state index in [1.807, 2.05) is 36.4 Å². The predicted octanol–water partition coefficient (Wildman–Crippen LogP) is 14.1. The molecule has 9 aromatic carbocycles. The molecule has 0 radical (unpaired) electrons. The Labute approximate surface area is 360 Å². The summed E-state index contributed by atoms with van der Waals surface area (Å²) in [5.41, 5.74) is 23.5. The molecule has 0 amide bonds. The Bertz CT molecular complexity index is 3320. The first kappa shape index (κ1) is 34.8. The first-order valence-corrected chi connectivity index (χ1v) is 21.4. The van der Waals surface area contributed by atoms with Crippen LogP contribution in [0.5, 0.6) is 0 Å². The minimum atomic E-state index is -0.378. The standard InChI is InChI=1S/C59H37N3/c1-3-16-37(17-4-1)56-60-57(38-18-5-2-6-19-38)62-58(61-56)41-21-13-20-39(34-41)42-25-14-27-44-45-28-15-26-43(51(45)36-50(42)44)40-32-33-49-48-24-9-12-31-54(48)59(55(49)35-40)52-29-10-7-22-46(52)47-23-8-11-30-53(47)59/h1-35H,36H2. The lowest BCUT2D eigenvalue weighted by molar-refractivity contribution is 0.794. The molecule has 3 heteroatoms. The molecule has 0 N–H and O–H groups in total. The van der Waals surface area contributed by atoms with E-state index < -0.39 is 0 Å². The molecule has 0 saturated carbocycles. The van der Waals surface area contributed by atoms with Gasteiger partial charge in [0.25, 0.3) is 0 Å². The fourth-order valence-electron chi connectivity index (χ4n) is 10.8. The highest BCUT2D eigenvalue weighted by Crippen LogP contribution is 2.63. The van der Waals surface area contributed by atoms with E-state index in [0.29, 0.717) is 17.5 Å². The number of fused-ring (bicyclic) bond motifs is 13. The smallest absolute Gasteiger partial charge is 0.164 e. The van der Waals surface area contributed by atoms with Crippen LogP contribution in [-0.2, 0) is 11.8 Å². The highest BCUT2D eigenvalue weighted by Gasteiger charge is 2.51. The Hall–Kier alpha value is -8.01. The first-order chi connectivity index (χ1) is 30.7. The Morgan fingerprint density at radius 2 is 0.629 bits per heavy atom. The molecule has 3 aliphatic carbocycles. The van der Waals surface area contributed by atoms with Gasteiger partial charge in [-0.25, -0.2) is 15.0 Å². The molecule has 0 bridgehead atoms. The fourth-order valence-corrected chi connectivity index (χ4v) is 10.8. The Morgan fingerprint density at radius 3 is 1.16 bits per heavy atom. The summed E-state index contributed by atoms with van der Waals surface area (Å²) < 4.78 is 0. The lowest BCUT2D eigenvalue weighted by atomic mass is 9.70. The van der Waals surface area contributed by atoms with Crippen molar-refractivity contribution in [3.05, 3.63) is 246 Å². The third-order valence-corrected chi connectivity index (χ3v) is 13.4. The van der Waals surface area contributed by atoms with E-state index in [9.17, 15) is 0 Å². The second-order valence-corrected chi connectivity index (χ2v) is 16.6. The van der Waals surface area contributed by atoms with Gasteiger partial charge in [-0.15, -0.1) is 0 Å². The number of hydrogen-bond donors (Lipinski definition) is 0. The van der Waals surface area contributed by atoms with Crippen LogP contribution < -0.4 is 0 Å². The Kier molecular flexibility index (Phi) is 7.58. The molecular formula is C59H37N3. The van der Waals surface area contributed by atoms with Crippen molar-refractivity contribution in [1.29, 1.82) is 0 Å². The third kappa shape index (κ3) is 5.03. The molecule has 0 saturated heterocycles. The number of aromatic nitrogens is 3.